The van der Waals surface area contributed by atoms with Crippen LogP contribution in [-0.2, 0) is 0 Å². The van der Waals surface area contributed by atoms with Crippen molar-refractivity contribution >= 4 is 0 Å². The van der Waals surface area contributed by atoms with Gasteiger partial charge in [0.1, 0.15) is 0 Å². The largest absolute Gasteiger partial charge is 0.396 e. The van der Waals surface area contributed by atoms with Crippen LogP contribution in [-0.4, -0.2) is 48.0 Å². The van der Waals surface area contributed by atoms with Crippen LogP contribution >= 0.6 is 0 Å². The van der Waals surface area contributed by atoms with Gasteiger partial charge in [0, 0.05) is 18.5 Å². The maximum Gasteiger partial charge on any atom is 0.0519 e. The van der Waals surface area contributed by atoms with Crippen molar-refractivity contribution in [1.82, 2.24) is 4.90 Å². The molecule has 1 aliphatic heterocycles. The Kier molecular flexibility index (Phi) is 4.15. The van der Waals surface area contributed by atoms with Gasteiger partial charge in [-0.25, -0.2) is 0 Å². The maximum absolute atomic E-state index is 9.26. The van der Waals surface area contributed by atoms with E-state index in [-0.39, 0.29) is 18.6 Å². The van der Waals surface area contributed by atoms with E-state index >= 15 is 0 Å². The Morgan fingerprint density at radius 1 is 1.27 bits per heavy atom. The molecule has 0 atom stereocenters. The third-order valence-electron chi connectivity index (χ3n) is 3.35. The molecule has 0 aromatic rings. The summed E-state index contributed by atoms with van der Waals surface area (Å²) in [6.45, 7) is 9.59. The normalized spacial score (nSPS) is 23.0. The van der Waals surface area contributed by atoms with E-state index in [2.05, 4.69) is 18.7 Å². The summed E-state index contributed by atoms with van der Waals surface area (Å²) in [6.07, 6.45) is 2.50. The van der Waals surface area contributed by atoms with Gasteiger partial charge < -0.3 is 15.1 Å². The van der Waals surface area contributed by atoms with Gasteiger partial charge in [-0.2, -0.15) is 0 Å². The number of likely N-dealkylation sites (tertiary alicyclic amines) is 1. The standard InChI is InChI=1S/C12H25NO2/c1-11(2)5-4-6-13(7-11)8-12(3,9-14)10-15/h14-15H,4-10H2,1-3H3. The molecular formula is C12H25NO2. The van der Waals surface area contributed by atoms with Crippen LogP contribution in [0.25, 0.3) is 0 Å². The van der Waals surface area contributed by atoms with E-state index in [4.69, 9.17) is 0 Å². The van der Waals surface area contributed by atoms with Crippen LogP contribution in [0.2, 0.25) is 0 Å². The second kappa shape index (κ2) is 4.81. The average Bonchev–Trinajstić information content (AvgIpc) is 2.16. The lowest BCUT2D eigenvalue weighted by atomic mass is 9.82. The molecule has 0 spiro atoms. The Bertz CT molecular complexity index is 200. The Hall–Kier alpha value is -0.120. The molecule has 3 nitrogen and oxygen atoms in total. The van der Waals surface area contributed by atoms with Gasteiger partial charge in [-0.05, 0) is 24.8 Å². The minimum atomic E-state index is -0.354. The molecule has 1 heterocycles. The lowest BCUT2D eigenvalue weighted by Crippen LogP contribution is -2.47. The highest BCUT2D eigenvalue weighted by molar-refractivity contribution is 4.84. The van der Waals surface area contributed by atoms with Crippen molar-refractivity contribution in [2.45, 2.75) is 33.6 Å². The first-order valence-corrected chi connectivity index (χ1v) is 5.85. The van der Waals surface area contributed by atoms with Crippen LogP contribution in [0.1, 0.15) is 33.6 Å². The zero-order valence-corrected chi connectivity index (χ0v) is 10.3. The number of hydrogen-bond acceptors (Lipinski definition) is 3. The first-order chi connectivity index (χ1) is 6.91. The van der Waals surface area contributed by atoms with Gasteiger partial charge in [-0.1, -0.05) is 20.8 Å². The molecule has 1 aliphatic rings. The van der Waals surface area contributed by atoms with Crippen LogP contribution < -0.4 is 0 Å². The van der Waals surface area contributed by atoms with Crippen molar-refractivity contribution in [2.75, 3.05) is 32.8 Å². The topological polar surface area (TPSA) is 43.7 Å². The minimum absolute atomic E-state index is 0.0560. The van der Waals surface area contributed by atoms with Crippen molar-refractivity contribution in [1.29, 1.82) is 0 Å². The van der Waals surface area contributed by atoms with E-state index in [9.17, 15) is 10.2 Å². The first kappa shape index (κ1) is 12.9. The molecule has 0 radical (unpaired) electrons. The lowest BCUT2D eigenvalue weighted by molar-refractivity contribution is 0.0109. The third-order valence-corrected chi connectivity index (χ3v) is 3.35. The summed E-state index contributed by atoms with van der Waals surface area (Å²) in [5, 5.41) is 18.5. The summed E-state index contributed by atoms with van der Waals surface area (Å²) >= 11 is 0. The molecule has 15 heavy (non-hydrogen) atoms. The second-order valence-electron chi connectivity index (χ2n) is 6.11. The SMILES string of the molecule is CC1(C)CCCN(CC(C)(CO)CO)C1. The van der Waals surface area contributed by atoms with E-state index < -0.39 is 0 Å². The number of rotatable bonds is 4. The average molecular weight is 215 g/mol. The minimum Gasteiger partial charge on any atom is -0.396 e. The van der Waals surface area contributed by atoms with Crippen LogP contribution in [0.15, 0.2) is 0 Å². The van der Waals surface area contributed by atoms with Crippen molar-refractivity contribution < 1.29 is 10.2 Å². The van der Waals surface area contributed by atoms with Crippen molar-refractivity contribution in [3.05, 3.63) is 0 Å². The molecule has 0 aromatic carbocycles. The highest BCUT2D eigenvalue weighted by Crippen LogP contribution is 2.30. The Labute approximate surface area is 93.1 Å². The van der Waals surface area contributed by atoms with E-state index in [0.29, 0.717) is 5.41 Å². The molecule has 0 saturated carbocycles. The predicted octanol–water partition coefficient (Wildman–Crippen LogP) is 1.10. The molecule has 0 bridgehead atoms. The van der Waals surface area contributed by atoms with E-state index in [0.717, 1.165) is 19.6 Å². The molecule has 0 aromatic heterocycles. The molecule has 1 fully saturated rings. The van der Waals surface area contributed by atoms with E-state index in [1.807, 2.05) is 6.92 Å². The monoisotopic (exact) mass is 215 g/mol. The van der Waals surface area contributed by atoms with Crippen LogP contribution in [0.5, 0.6) is 0 Å². The van der Waals surface area contributed by atoms with Gasteiger partial charge in [-0.3, -0.25) is 0 Å². The molecule has 1 rings (SSSR count). The Morgan fingerprint density at radius 3 is 2.33 bits per heavy atom. The quantitative estimate of drug-likeness (QED) is 0.738. The van der Waals surface area contributed by atoms with Gasteiger partial charge in [0.15, 0.2) is 0 Å². The first-order valence-electron chi connectivity index (χ1n) is 5.85. The van der Waals surface area contributed by atoms with Crippen LogP contribution in [0.3, 0.4) is 0 Å². The molecular weight excluding hydrogens is 190 g/mol. The smallest absolute Gasteiger partial charge is 0.0519 e. The van der Waals surface area contributed by atoms with Gasteiger partial charge in [-0.15, -0.1) is 0 Å². The zero-order valence-electron chi connectivity index (χ0n) is 10.3. The molecule has 0 aliphatic carbocycles. The van der Waals surface area contributed by atoms with Crippen molar-refractivity contribution in [3.63, 3.8) is 0 Å². The maximum atomic E-state index is 9.26. The summed E-state index contributed by atoms with van der Waals surface area (Å²) in [5.41, 5.74) is 0.0253. The number of aliphatic hydroxyl groups excluding tert-OH is 2. The Balaban J connectivity index is 2.51. The highest BCUT2D eigenvalue weighted by Gasteiger charge is 2.31. The molecule has 2 N–H and O–H groups in total. The molecule has 0 unspecified atom stereocenters. The van der Waals surface area contributed by atoms with Crippen LogP contribution in [0, 0.1) is 10.8 Å². The zero-order chi connectivity index (χ0) is 11.5. The van der Waals surface area contributed by atoms with Gasteiger partial charge in [0.05, 0.1) is 13.2 Å². The van der Waals surface area contributed by atoms with E-state index in [1.165, 1.54) is 12.8 Å². The number of nitrogens with zero attached hydrogens (tertiary/aromatic N) is 1. The lowest BCUT2D eigenvalue weighted by Gasteiger charge is -2.41. The molecule has 0 amide bonds. The Morgan fingerprint density at radius 2 is 1.87 bits per heavy atom. The van der Waals surface area contributed by atoms with Crippen LogP contribution in [0.4, 0.5) is 0 Å². The second-order valence-corrected chi connectivity index (χ2v) is 6.11. The highest BCUT2D eigenvalue weighted by atomic mass is 16.3. The fourth-order valence-corrected chi connectivity index (χ4v) is 2.37. The number of hydrogen-bond donors (Lipinski definition) is 2. The number of piperidine rings is 1. The molecule has 90 valence electrons. The summed E-state index contributed by atoms with van der Waals surface area (Å²) in [5.74, 6) is 0. The summed E-state index contributed by atoms with van der Waals surface area (Å²) in [4.78, 5) is 2.37. The third kappa shape index (κ3) is 3.74. The fourth-order valence-electron chi connectivity index (χ4n) is 2.37. The summed E-state index contributed by atoms with van der Waals surface area (Å²) < 4.78 is 0. The van der Waals surface area contributed by atoms with Crippen molar-refractivity contribution in [3.8, 4) is 0 Å². The molecule has 1 saturated heterocycles. The fraction of sp³-hybridized carbons (Fsp3) is 1.00. The summed E-state index contributed by atoms with van der Waals surface area (Å²) in [7, 11) is 0. The molecule has 3 heteroatoms. The summed E-state index contributed by atoms with van der Waals surface area (Å²) in [6, 6.07) is 0. The van der Waals surface area contributed by atoms with Gasteiger partial charge in [0.2, 0.25) is 0 Å². The number of aliphatic hydroxyl groups is 2. The van der Waals surface area contributed by atoms with E-state index in [1.54, 1.807) is 0 Å². The van der Waals surface area contributed by atoms with Gasteiger partial charge >= 0.3 is 0 Å². The van der Waals surface area contributed by atoms with Gasteiger partial charge in [0.25, 0.3) is 0 Å². The van der Waals surface area contributed by atoms with Crippen molar-refractivity contribution in [2.24, 2.45) is 10.8 Å². The predicted molar refractivity (Wildman–Crippen MR) is 61.7 cm³/mol.